The van der Waals surface area contributed by atoms with Crippen LogP contribution in [0.2, 0.25) is 0 Å². The van der Waals surface area contributed by atoms with E-state index in [-0.39, 0.29) is 17.3 Å². The summed E-state index contributed by atoms with van der Waals surface area (Å²) in [5.74, 6) is -0.977. The van der Waals surface area contributed by atoms with Crippen LogP contribution in [0.15, 0.2) is 36.8 Å². The molecule has 0 aliphatic heterocycles. The summed E-state index contributed by atoms with van der Waals surface area (Å²) in [4.78, 5) is 35.5. The number of amides is 2. The Morgan fingerprint density at radius 3 is 2.58 bits per heavy atom. The Kier molecular flexibility index (Phi) is 6.04. The van der Waals surface area contributed by atoms with Gasteiger partial charge in [0.15, 0.2) is 11.5 Å². The fourth-order valence-corrected chi connectivity index (χ4v) is 2.12. The molecule has 0 fully saturated rings. The molecule has 0 bridgehead atoms. The average molecular weight is 356 g/mol. The maximum atomic E-state index is 11.6. The number of nitrogens with two attached hydrogens (primary N) is 3. The van der Waals surface area contributed by atoms with E-state index in [0.29, 0.717) is 17.8 Å². The van der Waals surface area contributed by atoms with Gasteiger partial charge in [-0.3, -0.25) is 14.6 Å². The number of carbonyl (C=O) groups is 2. The van der Waals surface area contributed by atoms with Crippen molar-refractivity contribution in [1.29, 1.82) is 0 Å². The quantitative estimate of drug-likeness (QED) is 0.439. The summed E-state index contributed by atoms with van der Waals surface area (Å²) >= 11 is 0. The predicted molar refractivity (Wildman–Crippen MR) is 97.5 cm³/mol. The first kappa shape index (κ1) is 18.6. The van der Waals surface area contributed by atoms with Crippen molar-refractivity contribution in [2.24, 2.45) is 17.2 Å². The second-order valence-corrected chi connectivity index (χ2v) is 5.24. The Morgan fingerprint density at radius 1 is 1.27 bits per heavy atom. The predicted octanol–water partition coefficient (Wildman–Crippen LogP) is 0.0155. The monoisotopic (exact) mass is 356 g/mol. The Hall–Kier alpha value is -3.69. The zero-order valence-corrected chi connectivity index (χ0v) is 14.1. The van der Waals surface area contributed by atoms with Crippen LogP contribution >= 0.6 is 0 Å². The van der Waals surface area contributed by atoms with E-state index in [4.69, 9.17) is 17.2 Å². The lowest BCUT2D eigenvalue weighted by Crippen LogP contribution is -2.35. The fourth-order valence-electron chi connectivity index (χ4n) is 2.12. The minimum absolute atomic E-state index is 0.0733. The van der Waals surface area contributed by atoms with Gasteiger partial charge in [0.1, 0.15) is 11.9 Å². The molecule has 0 aliphatic carbocycles. The molecule has 26 heavy (non-hydrogen) atoms. The highest BCUT2D eigenvalue weighted by molar-refractivity contribution is 5.97. The molecule has 0 aliphatic rings. The lowest BCUT2D eigenvalue weighted by Gasteiger charge is -2.16. The molecule has 2 aromatic rings. The lowest BCUT2D eigenvalue weighted by atomic mass is 10.2. The third-order valence-electron chi connectivity index (χ3n) is 3.44. The summed E-state index contributed by atoms with van der Waals surface area (Å²) in [5.41, 5.74) is 17.2. The molecule has 10 heteroatoms. The van der Waals surface area contributed by atoms with Crippen molar-refractivity contribution in [3.8, 4) is 0 Å². The summed E-state index contributed by atoms with van der Waals surface area (Å²) in [6.45, 7) is 1.79. The third kappa shape index (κ3) is 4.44. The van der Waals surface area contributed by atoms with Crippen LogP contribution in [0.25, 0.3) is 5.70 Å². The number of pyridine rings is 1. The summed E-state index contributed by atoms with van der Waals surface area (Å²) in [6.07, 6.45) is 4.63. The highest BCUT2D eigenvalue weighted by atomic mass is 16.1. The van der Waals surface area contributed by atoms with E-state index in [1.165, 1.54) is 12.4 Å². The molecule has 8 N–H and O–H groups in total. The van der Waals surface area contributed by atoms with Gasteiger partial charge in [-0.1, -0.05) is 13.0 Å². The molecule has 0 aromatic carbocycles. The standard InChI is InChI=1S/C16H20N8O2/c1-2-9(14(18)25)22-12-8-21-13(15(19)26)16(24-12)23-11(7-17)10-5-3-4-6-20-10/h3-9H,2,17H2,1H3,(H2,18,25)(H2,19,26)(H2,22,23,24). The Balaban J connectivity index is 2.37. The van der Waals surface area contributed by atoms with Gasteiger partial charge in [-0.2, -0.15) is 0 Å². The van der Waals surface area contributed by atoms with Gasteiger partial charge < -0.3 is 27.8 Å². The minimum Gasteiger partial charge on any atom is -0.403 e. The first-order valence-corrected chi connectivity index (χ1v) is 7.79. The Morgan fingerprint density at radius 2 is 2.04 bits per heavy atom. The molecule has 1 unspecified atom stereocenters. The summed E-state index contributed by atoms with van der Waals surface area (Å²) < 4.78 is 0. The number of anilines is 2. The molecule has 2 heterocycles. The highest BCUT2D eigenvalue weighted by Crippen LogP contribution is 2.19. The topological polar surface area (TPSA) is 175 Å². The Labute approximate surface area is 149 Å². The molecule has 2 rings (SSSR count). The van der Waals surface area contributed by atoms with Crippen LogP contribution < -0.4 is 27.8 Å². The normalized spacial score (nSPS) is 12.3. The SMILES string of the molecule is CCC(Nc1cnc(C(N)=O)c(NC(=CN)c2ccccn2)n1)C(N)=O. The molecular weight excluding hydrogens is 336 g/mol. The van der Waals surface area contributed by atoms with Gasteiger partial charge in [0, 0.05) is 12.4 Å². The molecule has 0 saturated heterocycles. The summed E-state index contributed by atoms with van der Waals surface area (Å²) in [6, 6.07) is 4.64. The maximum Gasteiger partial charge on any atom is 0.271 e. The first-order chi connectivity index (χ1) is 12.5. The van der Waals surface area contributed by atoms with Gasteiger partial charge in [0.05, 0.1) is 17.6 Å². The van der Waals surface area contributed by atoms with E-state index >= 15 is 0 Å². The van der Waals surface area contributed by atoms with Crippen molar-refractivity contribution in [1.82, 2.24) is 15.0 Å². The van der Waals surface area contributed by atoms with Crippen LogP contribution in [0, 0.1) is 0 Å². The van der Waals surface area contributed by atoms with Crippen molar-refractivity contribution in [3.63, 3.8) is 0 Å². The van der Waals surface area contributed by atoms with Gasteiger partial charge in [0.2, 0.25) is 5.91 Å². The van der Waals surface area contributed by atoms with Crippen molar-refractivity contribution in [3.05, 3.63) is 48.2 Å². The van der Waals surface area contributed by atoms with Crippen molar-refractivity contribution >= 4 is 29.1 Å². The van der Waals surface area contributed by atoms with Crippen molar-refractivity contribution < 1.29 is 9.59 Å². The zero-order chi connectivity index (χ0) is 19.1. The van der Waals surface area contributed by atoms with E-state index in [2.05, 4.69) is 25.6 Å². The molecule has 2 amide bonds. The number of aromatic nitrogens is 3. The zero-order valence-electron chi connectivity index (χ0n) is 14.1. The first-order valence-electron chi connectivity index (χ1n) is 7.79. The van der Waals surface area contributed by atoms with Crippen LogP contribution in [0.3, 0.4) is 0 Å². The van der Waals surface area contributed by atoms with E-state index in [1.807, 2.05) is 0 Å². The van der Waals surface area contributed by atoms with Crippen molar-refractivity contribution in [2.75, 3.05) is 10.6 Å². The van der Waals surface area contributed by atoms with Crippen LogP contribution in [0.1, 0.15) is 29.5 Å². The number of carbonyl (C=O) groups excluding carboxylic acids is 2. The number of rotatable bonds is 8. The highest BCUT2D eigenvalue weighted by Gasteiger charge is 2.18. The molecular formula is C16H20N8O2. The molecule has 2 aromatic heterocycles. The van der Waals surface area contributed by atoms with E-state index in [1.54, 1.807) is 31.3 Å². The second-order valence-electron chi connectivity index (χ2n) is 5.24. The second kappa shape index (κ2) is 8.42. The van der Waals surface area contributed by atoms with Crippen molar-refractivity contribution in [2.45, 2.75) is 19.4 Å². The molecule has 136 valence electrons. The number of primary amides is 2. The third-order valence-corrected chi connectivity index (χ3v) is 3.44. The van der Waals surface area contributed by atoms with Crippen LogP contribution in [0.4, 0.5) is 11.6 Å². The summed E-state index contributed by atoms with van der Waals surface area (Å²) in [5, 5.41) is 5.76. The van der Waals surface area contributed by atoms with Crippen LogP contribution in [-0.2, 0) is 4.79 Å². The maximum absolute atomic E-state index is 11.6. The average Bonchev–Trinajstić information content (AvgIpc) is 2.64. The lowest BCUT2D eigenvalue weighted by molar-refractivity contribution is -0.118. The number of nitrogens with one attached hydrogen (secondary N) is 2. The van der Waals surface area contributed by atoms with Crippen LogP contribution in [-0.4, -0.2) is 32.8 Å². The minimum atomic E-state index is -0.772. The van der Waals surface area contributed by atoms with Gasteiger partial charge in [-0.25, -0.2) is 9.97 Å². The van der Waals surface area contributed by atoms with Gasteiger partial charge >= 0.3 is 0 Å². The summed E-state index contributed by atoms with van der Waals surface area (Å²) in [7, 11) is 0. The molecule has 0 saturated carbocycles. The number of hydrogen-bond donors (Lipinski definition) is 5. The Bertz CT molecular complexity index is 822. The molecule has 1 atom stereocenters. The van der Waals surface area contributed by atoms with E-state index in [0.717, 1.165) is 0 Å². The van der Waals surface area contributed by atoms with Gasteiger partial charge in [-0.05, 0) is 18.6 Å². The number of nitrogens with zero attached hydrogens (tertiary/aromatic N) is 3. The van der Waals surface area contributed by atoms with Gasteiger partial charge in [-0.15, -0.1) is 0 Å². The van der Waals surface area contributed by atoms with E-state index < -0.39 is 17.9 Å². The van der Waals surface area contributed by atoms with E-state index in [9.17, 15) is 9.59 Å². The van der Waals surface area contributed by atoms with Gasteiger partial charge in [0.25, 0.3) is 5.91 Å². The fraction of sp³-hybridized carbons (Fsp3) is 0.188. The largest absolute Gasteiger partial charge is 0.403 e. The molecule has 0 spiro atoms. The van der Waals surface area contributed by atoms with Crippen LogP contribution in [0.5, 0.6) is 0 Å². The smallest absolute Gasteiger partial charge is 0.271 e. The molecule has 0 radical (unpaired) electrons. The number of hydrogen-bond acceptors (Lipinski definition) is 8. The molecule has 10 nitrogen and oxygen atoms in total.